The molecule has 0 saturated carbocycles. The van der Waals surface area contributed by atoms with Gasteiger partial charge in [0.15, 0.2) is 5.75 Å². The number of amides is 1. The van der Waals surface area contributed by atoms with Crippen LogP contribution < -0.4 is 5.32 Å². The van der Waals surface area contributed by atoms with E-state index < -0.39 is 21.7 Å². The first-order chi connectivity index (χ1) is 7.45. The SMILES string of the molecule is CCOC(=O)CS(=O)(=O)N1CCNC(=O)C1. The number of nitrogens with one attached hydrogen (secondary N) is 1. The summed E-state index contributed by atoms with van der Waals surface area (Å²) in [5.41, 5.74) is 0. The fourth-order valence-electron chi connectivity index (χ4n) is 1.30. The maximum Gasteiger partial charge on any atom is 0.322 e. The number of carbonyl (C=O) groups is 2. The molecule has 1 rings (SSSR count). The third-order valence-corrected chi connectivity index (χ3v) is 3.70. The number of sulfonamides is 1. The van der Waals surface area contributed by atoms with Crippen molar-refractivity contribution in [1.29, 1.82) is 0 Å². The van der Waals surface area contributed by atoms with Gasteiger partial charge in [0.2, 0.25) is 15.9 Å². The van der Waals surface area contributed by atoms with E-state index in [1.165, 1.54) is 0 Å². The number of carbonyl (C=O) groups excluding carboxylic acids is 2. The van der Waals surface area contributed by atoms with Gasteiger partial charge in [-0.25, -0.2) is 8.42 Å². The summed E-state index contributed by atoms with van der Waals surface area (Å²) < 4.78 is 28.9. The molecule has 1 amide bonds. The molecule has 92 valence electrons. The van der Waals surface area contributed by atoms with Gasteiger partial charge in [-0.3, -0.25) is 9.59 Å². The zero-order chi connectivity index (χ0) is 12.2. The van der Waals surface area contributed by atoms with Gasteiger partial charge in [-0.05, 0) is 6.92 Å². The molecule has 7 nitrogen and oxygen atoms in total. The van der Waals surface area contributed by atoms with Gasteiger partial charge in [-0.15, -0.1) is 0 Å². The molecule has 0 unspecified atom stereocenters. The van der Waals surface area contributed by atoms with Crippen molar-refractivity contribution < 1.29 is 22.7 Å². The van der Waals surface area contributed by atoms with Crippen LogP contribution in [-0.4, -0.2) is 56.6 Å². The van der Waals surface area contributed by atoms with Gasteiger partial charge in [0.1, 0.15) is 0 Å². The van der Waals surface area contributed by atoms with Crippen molar-refractivity contribution in [3.05, 3.63) is 0 Å². The summed E-state index contributed by atoms with van der Waals surface area (Å²) in [6, 6.07) is 0. The second kappa shape index (κ2) is 5.26. The third-order valence-electron chi connectivity index (χ3n) is 2.00. The average Bonchev–Trinajstić information content (AvgIpc) is 2.17. The number of hydrogen-bond donors (Lipinski definition) is 1. The van der Waals surface area contributed by atoms with E-state index in [0.29, 0.717) is 0 Å². The molecule has 0 spiro atoms. The minimum absolute atomic E-state index is 0.134. The molecular formula is C8H14N2O5S. The quantitative estimate of drug-likeness (QED) is 0.601. The Morgan fingerprint density at radius 2 is 2.25 bits per heavy atom. The molecule has 0 aromatic carbocycles. The van der Waals surface area contributed by atoms with Crippen LogP contribution in [0.2, 0.25) is 0 Å². The molecule has 0 aromatic rings. The van der Waals surface area contributed by atoms with Crippen molar-refractivity contribution >= 4 is 21.9 Å². The van der Waals surface area contributed by atoms with Crippen LogP contribution in [0.1, 0.15) is 6.92 Å². The van der Waals surface area contributed by atoms with Gasteiger partial charge < -0.3 is 10.1 Å². The van der Waals surface area contributed by atoms with Crippen LogP contribution in [0.3, 0.4) is 0 Å². The van der Waals surface area contributed by atoms with E-state index in [9.17, 15) is 18.0 Å². The van der Waals surface area contributed by atoms with E-state index >= 15 is 0 Å². The molecule has 1 aliphatic heterocycles. The Bertz CT molecular complexity index is 378. The molecule has 0 radical (unpaired) electrons. The summed E-state index contributed by atoms with van der Waals surface area (Å²) >= 11 is 0. The van der Waals surface area contributed by atoms with Crippen molar-refractivity contribution in [2.24, 2.45) is 0 Å². The summed E-state index contributed by atoms with van der Waals surface area (Å²) in [7, 11) is -3.74. The van der Waals surface area contributed by atoms with Crippen LogP contribution in [0.25, 0.3) is 0 Å². The number of piperazine rings is 1. The van der Waals surface area contributed by atoms with Gasteiger partial charge in [0.05, 0.1) is 13.2 Å². The molecule has 1 saturated heterocycles. The van der Waals surface area contributed by atoms with Crippen LogP contribution in [0.15, 0.2) is 0 Å². The minimum Gasteiger partial charge on any atom is -0.465 e. The fraction of sp³-hybridized carbons (Fsp3) is 0.750. The number of nitrogens with zero attached hydrogens (tertiary/aromatic N) is 1. The van der Waals surface area contributed by atoms with E-state index in [1.807, 2.05) is 0 Å². The molecule has 0 aliphatic carbocycles. The summed E-state index contributed by atoms with van der Waals surface area (Å²) in [5, 5.41) is 2.50. The van der Waals surface area contributed by atoms with E-state index in [-0.39, 0.29) is 32.1 Å². The van der Waals surface area contributed by atoms with Gasteiger partial charge in [-0.1, -0.05) is 0 Å². The Balaban J connectivity index is 2.62. The second-order valence-electron chi connectivity index (χ2n) is 3.24. The van der Waals surface area contributed by atoms with Crippen molar-refractivity contribution in [1.82, 2.24) is 9.62 Å². The molecule has 16 heavy (non-hydrogen) atoms. The van der Waals surface area contributed by atoms with Gasteiger partial charge >= 0.3 is 5.97 Å². The smallest absolute Gasteiger partial charge is 0.322 e. The lowest BCUT2D eigenvalue weighted by molar-refractivity contribution is -0.140. The molecule has 0 bridgehead atoms. The van der Waals surface area contributed by atoms with Gasteiger partial charge in [-0.2, -0.15) is 4.31 Å². The Hall–Kier alpha value is -1.15. The number of hydrogen-bond acceptors (Lipinski definition) is 5. The van der Waals surface area contributed by atoms with E-state index in [2.05, 4.69) is 10.1 Å². The standard InChI is InChI=1S/C8H14N2O5S/c1-2-15-8(12)6-16(13,14)10-4-3-9-7(11)5-10/h2-6H2,1H3,(H,9,11). The van der Waals surface area contributed by atoms with Crippen molar-refractivity contribution in [2.45, 2.75) is 6.92 Å². The predicted octanol–water partition coefficient (Wildman–Crippen LogP) is -1.69. The molecule has 0 atom stereocenters. The van der Waals surface area contributed by atoms with Crippen LogP contribution >= 0.6 is 0 Å². The summed E-state index contributed by atoms with van der Waals surface area (Å²) in [6.07, 6.45) is 0. The first-order valence-electron chi connectivity index (χ1n) is 4.86. The molecule has 1 aliphatic rings. The highest BCUT2D eigenvalue weighted by Crippen LogP contribution is 2.04. The van der Waals surface area contributed by atoms with Crippen LogP contribution in [-0.2, 0) is 24.3 Å². The highest BCUT2D eigenvalue weighted by atomic mass is 32.2. The van der Waals surface area contributed by atoms with Gasteiger partial charge in [0, 0.05) is 13.1 Å². The number of rotatable bonds is 4. The lowest BCUT2D eigenvalue weighted by Gasteiger charge is -2.25. The molecular weight excluding hydrogens is 236 g/mol. The maximum atomic E-state index is 11.7. The Morgan fingerprint density at radius 3 is 2.81 bits per heavy atom. The highest BCUT2D eigenvalue weighted by Gasteiger charge is 2.29. The zero-order valence-corrected chi connectivity index (χ0v) is 9.75. The Morgan fingerprint density at radius 1 is 1.56 bits per heavy atom. The molecule has 1 N–H and O–H groups in total. The number of esters is 1. The average molecular weight is 250 g/mol. The van der Waals surface area contributed by atoms with Crippen LogP contribution in [0.4, 0.5) is 0 Å². The summed E-state index contributed by atoms with van der Waals surface area (Å²) in [5.74, 6) is -1.87. The minimum atomic E-state index is -3.74. The lowest BCUT2D eigenvalue weighted by atomic mass is 10.4. The normalized spacial score (nSPS) is 17.9. The Kier molecular flexibility index (Phi) is 4.25. The topological polar surface area (TPSA) is 92.8 Å². The highest BCUT2D eigenvalue weighted by molar-refractivity contribution is 7.89. The van der Waals surface area contributed by atoms with E-state index in [4.69, 9.17) is 0 Å². The molecule has 8 heteroatoms. The van der Waals surface area contributed by atoms with Crippen LogP contribution in [0, 0.1) is 0 Å². The van der Waals surface area contributed by atoms with Gasteiger partial charge in [0.25, 0.3) is 0 Å². The maximum absolute atomic E-state index is 11.7. The van der Waals surface area contributed by atoms with Crippen molar-refractivity contribution in [3.8, 4) is 0 Å². The first-order valence-corrected chi connectivity index (χ1v) is 6.47. The largest absolute Gasteiger partial charge is 0.465 e. The van der Waals surface area contributed by atoms with Crippen molar-refractivity contribution in [2.75, 3.05) is 32.0 Å². The second-order valence-corrected chi connectivity index (χ2v) is 5.21. The molecule has 0 aromatic heterocycles. The van der Waals surface area contributed by atoms with Crippen LogP contribution in [0.5, 0.6) is 0 Å². The third kappa shape index (κ3) is 3.46. The number of ether oxygens (including phenoxy) is 1. The molecule has 1 heterocycles. The summed E-state index contributed by atoms with van der Waals surface area (Å²) in [6.45, 7) is 1.95. The van der Waals surface area contributed by atoms with Crippen molar-refractivity contribution in [3.63, 3.8) is 0 Å². The Labute approximate surface area is 93.8 Å². The lowest BCUT2D eigenvalue weighted by Crippen LogP contribution is -2.51. The molecule has 1 fully saturated rings. The monoisotopic (exact) mass is 250 g/mol. The van der Waals surface area contributed by atoms with E-state index in [1.54, 1.807) is 6.92 Å². The zero-order valence-electron chi connectivity index (χ0n) is 8.93. The summed E-state index contributed by atoms with van der Waals surface area (Å²) in [4.78, 5) is 22.1. The van der Waals surface area contributed by atoms with E-state index in [0.717, 1.165) is 4.31 Å². The first kappa shape index (κ1) is 12.9. The fourth-order valence-corrected chi connectivity index (χ4v) is 2.54. The predicted molar refractivity (Wildman–Crippen MR) is 55.0 cm³/mol.